The second kappa shape index (κ2) is 7.17. The number of benzene rings is 3. The number of para-hydroxylation sites is 1. The van der Waals surface area contributed by atoms with Crippen LogP contribution in [-0.4, -0.2) is 11.5 Å². The first kappa shape index (κ1) is 18.9. The molecule has 146 valence electrons. The van der Waals surface area contributed by atoms with Gasteiger partial charge in [0.05, 0.1) is 0 Å². The van der Waals surface area contributed by atoms with Crippen LogP contribution in [0.3, 0.4) is 0 Å². The number of carbonyl (C=O) groups excluding carboxylic acids is 1. The van der Waals surface area contributed by atoms with Gasteiger partial charge in [-0.2, -0.15) is 0 Å². The van der Waals surface area contributed by atoms with E-state index in [4.69, 9.17) is 4.74 Å². The molecule has 5 heteroatoms. The number of amides is 1. The van der Waals surface area contributed by atoms with Crippen LogP contribution in [0.4, 0.5) is 14.5 Å². The highest BCUT2D eigenvalue weighted by Gasteiger charge is 2.26. The molecule has 0 atom stereocenters. The Morgan fingerprint density at radius 2 is 1.55 bits per heavy atom. The zero-order chi connectivity index (χ0) is 20.6. The standard InChI is InChI=1S/C24H19F2NO2/c1-24(2)14-18(17-6-3-4-9-21(17)29-24)15-10-12-16(13-11-15)27-23(28)22-19(25)7-5-8-20(22)26/h3-14H,1-2H3,(H,27,28). The minimum Gasteiger partial charge on any atom is -0.483 e. The normalized spacial score (nSPS) is 14.4. The fraction of sp³-hybridized carbons (Fsp3) is 0.125. The molecule has 0 aromatic heterocycles. The van der Waals surface area contributed by atoms with Crippen molar-refractivity contribution in [1.29, 1.82) is 0 Å². The maximum absolute atomic E-state index is 13.8. The Bertz CT molecular complexity index is 1100. The number of ether oxygens (including phenoxy) is 1. The molecule has 0 unspecified atom stereocenters. The Labute approximate surface area is 167 Å². The van der Waals surface area contributed by atoms with Crippen LogP contribution in [0.2, 0.25) is 0 Å². The summed E-state index contributed by atoms with van der Waals surface area (Å²) < 4.78 is 33.6. The molecule has 4 rings (SSSR count). The quantitative estimate of drug-likeness (QED) is 0.611. The van der Waals surface area contributed by atoms with Gasteiger partial charge in [-0.3, -0.25) is 4.79 Å². The Morgan fingerprint density at radius 3 is 2.24 bits per heavy atom. The largest absolute Gasteiger partial charge is 0.483 e. The van der Waals surface area contributed by atoms with Gasteiger partial charge in [0.25, 0.3) is 5.91 Å². The lowest BCUT2D eigenvalue weighted by Crippen LogP contribution is -2.29. The molecule has 0 spiro atoms. The van der Waals surface area contributed by atoms with Gasteiger partial charge in [0, 0.05) is 11.3 Å². The molecule has 3 nitrogen and oxygen atoms in total. The van der Waals surface area contributed by atoms with Gasteiger partial charge in [-0.1, -0.05) is 36.4 Å². The molecule has 1 aliphatic heterocycles. The summed E-state index contributed by atoms with van der Waals surface area (Å²) in [4.78, 5) is 12.3. The molecule has 1 heterocycles. The lowest BCUT2D eigenvalue weighted by atomic mass is 9.90. The van der Waals surface area contributed by atoms with E-state index < -0.39 is 28.7 Å². The average Bonchev–Trinajstić information content (AvgIpc) is 2.67. The predicted molar refractivity (Wildman–Crippen MR) is 109 cm³/mol. The van der Waals surface area contributed by atoms with Gasteiger partial charge >= 0.3 is 0 Å². The van der Waals surface area contributed by atoms with E-state index in [1.807, 2.05) is 50.2 Å². The van der Waals surface area contributed by atoms with Crippen LogP contribution >= 0.6 is 0 Å². The van der Waals surface area contributed by atoms with Crippen molar-refractivity contribution in [2.45, 2.75) is 19.4 Å². The van der Waals surface area contributed by atoms with E-state index in [-0.39, 0.29) is 0 Å². The number of hydrogen-bond acceptors (Lipinski definition) is 2. The van der Waals surface area contributed by atoms with Gasteiger partial charge in [-0.15, -0.1) is 0 Å². The van der Waals surface area contributed by atoms with E-state index in [1.165, 1.54) is 6.07 Å². The highest BCUT2D eigenvalue weighted by Crippen LogP contribution is 2.39. The van der Waals surface area contributed by atoms with Crippen molar-refractivity contribution >= 4 is 17.2 Å². The third-order valence-corrected chi connectivity index (χ3v) is 4.69. The number of carbonyl (C=O) groups is 1. The van der Waals surface area contributed by atoms with Gasteiger partial charge in [-0.05, 0) is 61.4 Å². The van der Waals surface area contributed by atoms with E-state index in [1.54, 1.807) is 12.1 Å². The maximum Gasteiger partial charge on any atom is 0.261 e. The highest BCUT2D eigenvalue weighted by molar-refractivity contribution is 6.04. The van der Waals surface area contributed by atoms with Crippen LogP contribution in [-0.2, 0) is 0 Å². The summed E-state index contributed by atoms with van der Waals surface area (Å²) in [6.07, 6.45) is 2.05. The number of rotatable bonds is 3. The fourth-order valence-electron chi connectivity index (χ4n) is 3.40. The average molecular weight is 391 g/mol. The number of hydrogen-bond donors (Lipinski definition) is 1. The number of halogens is 2. The van der Waals surface area contributed by atoms with Crippen molar-refractivity contribution < 1.29 is 18.3 Å². The minimum atomic E-state index is -0.898. The molecule has 3 aromatic carbocycles. The van der Waals surface area contributed by atoms with Gasteiger partial charge in [0.1, 0.15) is 28.5 Å². The van der Waals surface area contributed by atoms with Crippen molar-refractivity contribution in [1.82, 2.24) is 0 Å². The monoisotopic (exact) mass is 391 g/mol. The molecule has 29 heavy (non-hydrogen) atoms. The van der Waals surface area contributed by atoms with E-state index >= 15 is 0 Å². The smallest absolute Gasteiger partial charge is 0.261 e. The first-order chi connectivity index (χ1) is 13.8. The van der Waals surface area contributed by atoms with Gasteiger partial charge in [0.2, 0.25) is 0 Å². The summed E-state index contributed by atoms with van der Waals surface area (Å²) in [6.45, 7) is 3.97. The number of anilines is 1. The molecule has 3 aromatic rings. The van der Waals surface area contributed by atoms with Crippen molar-refractivity contribution in [3.05, 3.63) is 101 Å². The molecule has 0 saturated carbocycles. The second-order valence-corrected chi connectivity index (χ2v) is 7.39. The maximum atomic E-state index is 13.8. The van der Waals surface area contributed by atoms with Crippen molar-refractivity contribution in [2.24, 2.45) is 0 Å². The van der Waals surface area contributed by atoms with Gasteiger partial charge < -0.3 is 10.1 Å². The van der Waals surface area contributed by atoms with Gasteiger partial charge in [0.15, 0.2) is 0 Å². The summed E-state index contributed by atoms with van der Waals surface area (Å²) in [6, 6.07) is 18.3. The van der Waals surface area contributed by atoms with Crippen molar-refractivity contribution in [3.8, 4) is 5.75 Å². The predicted octanol–water partition coefficient (Wildman–Crippen LogP) is 5.82. The molecule has 0 bridgehead atoms. The third-order valence-electron chi connectivity index (χ3n) is 4.69. The van der Waals surface area contributed by atoms with E-state index in [9.17, 15) is 13.6 Å². The molecular formula is C24H19F2NO2. The molecule has 1 amide bonds. The molecule has 0 saturated heterocycles. The minimum absolute atomic E-state index is 0.446. The van der Waals surface area contributed by atoms with Crippen LogP contribution in [0.25, 0.3) is 5.57 Å². The van der Waals surface area contributed by atoms with E-state index in [0.717, 1.165) is 34.6 Å². The SMILES string of the molecule is CC1(C)C=C(c2ccc(NC(=O)c3c(F)cccc3F)cc2)c2ccccc2O1. The Kier molecular flexibility index (Phi) is 4.66. The second-order valence-electron chi connectivity index (χ2n) is 7.39. The molecule has 0 aliphatic carbocycles. The third kappa shape index (κ3) is 3.76. The van der Waals surface area contributed by atoms with Crippen LogP contribution in [0.5, 0.6) is 5.75 Å². The Balaban J connectivity index is 1.62. The van der Waals surface area contributed by atoms with E-state index in [2.05, 4.69) is 11.4 Å². The molecule has 1 N–H and O–H groups in total. The summed E-state index contributed by atoms with van der Waals surface area (Å²) in [5.41, 5.74) is 2.34. The molecule has 1 aliphatic rings. The Morgan fingerprint density at radius 1 is 0.897 bits per heavy atom. The fourth-order valence-corrected chi connectivity index (χ4v) is 3.40. The lowest BCUT2D eigenvalue weighted by molar-refractivity contribution is 0.101. The number of nitrogens with one attached hydrogen (secondary N) is 1. The van der Waals surface area contributed by atoms with Gasteiger partial charge in [-0.25, -0.2) is 8.78 Å². The zero-order valence-electron chi connectivity index (χ0n) is 16.0. The lowest BCUT2D eigenvalue weighted by Gasteiger charge is -2.31. The highest BCUT2D eigenvalue weighted by atomic mass is 19.1. The summed E-state index contributed by atoms with van der Waals surface area (Å²) in [5, 5.41) is 2.54. The first-order valence-electron chi connectivity index (χ1n) is 9.21. The summed E-state index contributed by atoms with van der Waals surface area (Å²) in [7, 11) is 0. The van der Waals surface area contributed by atoms with E-state index in [0.29, 0.717) is 5.69 Å². The van der Waals surface area contributed by atoms with Crippen LogP contribution in [0.1, 0.15) is 35.3 Å². The topological polar surface area (TPSA) is 38.3 Å². The molecule has 0 fully saturated rings. The zero-order valence-corrected chi connectivity index (χ0v) is 16.0. The van der Waals surface area contributed by atoms with Crippen molar-refractivity contribution in [2.75, 3.05) is 5.32 Å². The van der Waals surface area contributed by atoms with Crippen LogP contribution < -0.4 is 10.1 Å². The van der Waals surface area contributed by atoms with Crippen LogP contribution in [0, 0.1) is 11.6 Å². The molecular weight excluding hydrogens is 372 g/mol. The Hall–Kier alpha value is -3.47. The summed E-state index contributed by atoms with van der Waals surface area (Å²) >= 11 is 0. The first-order valence-corrected chi connectivity index (χ1v) is 9.21. The number of fused-ring (bicyclic) bond motifs is 1. The molecule has 0 radical (unpaired) electrons. The van der Waals surface area contributed by atoms with Crippen molar-refractivity contribution in [3.63, 3.8) is 0 Å². The summed E-state index contributed by atoms with van der Waals surface area (Å²) in [5.74, 6) is -1.82. The van der Waals surface area contributed by atoms with Crippen LogP contribution in [0.15, 0.2) is 72.8 Å².